The molecule has 1 fully saturated rings. The lowest BCUT2D eigenvalue weighted by Crippen LogP contribution is -2.44. The summed E-state index contributed by atoms with van der Waals surface area (Å²) in [5.41, 5.74) is -0.185. The van der Waals surface area contributed by atoms with Crippen LogP contribution >= 0.6 is 0 Å². The van der Waals surface area contributed by atoms with Crippen LogP contribution in [0.1, 0.15) is 39.5 Å². The normalized spacial score (nSPS) is 30.7. The zero-order chi connectivity index (χ0) is 8.32. The molecule has 0 saturated carbocycles. The van der Waals surface area contributed by atoms with Gasteiger partial charge in [-0.2, -0.15) is 0 Å². The maximum absolute atomic E-state index is 11.5. The number of hydrogen-bond donors (Lipinski definition) is 1. The summed E-state index contributed by atoms with van der Waals surface area (Å²) in [5, 5.41) is 3.27. The Morgan fingerprint density at radius 3 is 2.82 bits per heavy atom. The van der Waals surface area contributed by atoms with Gasteiger partial charge < -0.3 is 5.32 Å². The number of nitrogens with one attached hydrogen (secondary N) is 1. The summed E-state index contributed by atoms with van der Waals surface area (Å²) >= 11 is 0. The highest BCUT2D eigenvalue weighted by Crippen LogP contribution is 2.21. The molecule has 0 bridgehead atoms. The Balaban J connectivity index is 2.49. The van der Waals surface area contributed by atoms with E-state index in [1.54, 1.807) is 0 Å². The van der Waals surface area contributed by atoms with E-state index in [-0.39, 0.29) is 5.54 Å². The average molecular weight is 155 g/mol. The summed E-state index contributed by atoms with van der Waals surface area (Å²) < 4.78 is 0. The van der Waals surface area contributed by atoms with Gasteiger partial charge in [0, 0.05) is 6.42 Å². The number of ketones is 1. The van der Waals surface area contributed by atoms with Crippen LogP contribution in [0.25, 0.3) is 0 Å². The molecule has 0 aromatic carbocycles. The molecule has 1 saturated heterocycles. The lowest BCUT2D eigenvalue weighted by atomic mass is 9.92. The summed E-state index contributed by atoms with van der Waals surface area (Å²) in [4.78, 5) is 11.5. The number of Topliss-reactive ketones (excluding diaryl/α,β-unsaturated/α-hetero) is 1. The molecule has 1 atom stereocenters. The number of carbonyl (C=O) groups excluding carboxylic acids is 1. The van der Waals surface area contributed by atoms with Crippen LogP contribution in [-0.4, -0.2) is 17.9 Å². The van der Waals surface area contributed by atoms with Crippen molar-refractivity contribution >= 4 is 5.78 Å². The fraction of sp³-hybridized carbons (Fsp3) is 0.889. The SMILES string of the molecule is CCCC(=O)C1(C)CCCN1. The molecule has 0 amide bonds. The van der Waals surface area contributed by atoms with Crippen LogP contribution in [-0.2, 0) is 4.79 Å². The van der Waals surface area contributed by atoms with E-state index in [1.165, 1.54) is 0 Å². The Hall–Kier alpha value is -0.370. The van der Waals surface area contributed by atoms with Crippen molar-refractivity contribution in [3.8, 4) is 0 Å². The summed E-state index contributed by atoms with van der Waals surface area (Å²) in [5.74, 6) is 0.387. The van der Waals surface area contributed by atoms with E-state index in [4.69, 9.17) is 0 Å². The molecule has 2 heteroatoms. The third-order valence-electron chi connectivity index (χ3n) is 2.46. The van der Waals surface area contributed by atoms with Crippen LogP contribution < -0.4 is 5.32 Å². The first-order chi connectivity index (χ1) is 5.19. The molecule has 1 heterocycles. The Bertz CT molecular complexity index is 148. The summed E-state index contributed by atoms with van der Waals surface area (Å²) in [6, 6.07) is 0. The smallest absolute Gasteiger partial charge is 0.152 e. The van der Waals surface area contributed by atoms with E-state index in [2.05, 4.69) is 12.2 Å². The molecule has 0 aromatic heterocycles. The van der Waals surface area contributed by atoms with E-state index in [9.17, 15) is 4.79 Å². The number of carbonyl (C=O) groups is 1. The minimum atomic E-state index is -0.185. The summed E-state index contributed by atoms with van der Waals surface area (Å²) in [6.07, 6.45) is 3.86. The third kappa shape index (κ3) is 1.80. The van der Waals surface area contributed by atoms with Gasteiger partial charge >= 0.3 is 0 Å². The summed E-state index contributed by atoms with van der Waals surface area (Å²) in [6.45, 7) is 5.08. The molecule has 0 spiro atoms. The molecule has 1 unspecified atom stereocenters. The highest BCUT2D eigenvalue weighted by Gasteiger charge is 2.34. The van der Waals surface area contributed by atoms with Gasteiger partial charge in [-0.15, -0.1) is 0 Å². The quantitative estimate of drug-likeness (QED) is 0.669. The lowest BCUT2D eigenvalue weighted by Gasteiger charge is -2.21. The molecule has 11 heavy (non-hydrogen) atoms. The van der Waals surface area contributed by atoms with Crippen LogP contribution in [0.2, 0.25) is 0 Å². The van der Waals surface area contributed by atoms with Crippen molar-refractivity contribution in [2.75, 3.05) is 6.54 Å². The van der Waals surface area contributed by atoms with E-state index >= 15 is 0 Å². The lowest BCUT2D eigenvalue weighted by molar-refractivity contribution is -0.124. The van der Waals surface area contributed by atoms with Gasteiger partial charge in [-0.05, 0) is 32.7 Å². The van der Waals surface area contributed by atoms with Crippen molar-refractivity contribution in [3.05, 3.63) is 0 Å². The zero-order valence-electron chi connectivity index (χ0n) is 7.44. The molecule has 1 aliphatic heterocycles. The van der Waals surface area contributed by atoms with Gasteiger partial charge in [0.1, 0.15) is 0 Å². The van der Waals surface area contributed by atoms with Crippen LogP contribution in [0.15, 0.2) is 0 Å². The van der Waals surface area contributed by atoms with Crippen molar-refractivity contribution in [2.45, 2.75) is 45.1 Å². The molecule has 1 aliphatic rings. The molecule has 1 rings (SSSR count). The largest absolute Gasteiger partial charge is 0.305 e. The van der Waals surface area contributed by atoms with Crippen molar-refractivity contribution in [3.63, 3.8) is 0 Å². The Kier molecular flexibility index (Phi) is 2.66. The van der Waals surface area contributed by atoms with Crippen LogP contribution in [0.3, 0.4) is 0 Å². The van der Waals surface area contributed by atoms with Gasteiger partial charge in [-0.25, -0.2) is 0 Å². The topological polar surface area (TPSA) is 29.1 Å². The minimum Gasteiger partial charge on any atom is -0.305 e. The van der Waals surface area contributed by atoms with E-state index in [0.717, 1.165) is 32.2 Å². The molecule has 0 aromatic rings. The van der Waals surface area contributed by atoms with Crippen LogP contribution in [0, 0.1) is 0 Å². The van der Waals surface area contributed by atoms with Gasteiger partial charge in [0.05, 0.1) is 5.54 Å². The average Bonchev–Trinajstić information content (AvgIpc) is 2.38. The Morgan fingerprint density at radius 2 is 2.36 bits per heavy atom. The van der Waals surface area contributed by atoms with E-state index in [1.807, 2.05) is 6.92 Å². The Morgan fingerprint density at radius 1 is 1.64 bits per heavy atom. The number of hydrogen-bond acceptors (Lipinski definition) is 2. The number of rotatable bonds is 3. The molecule has 0 aliphatic carbocycles. The highest BCUT2D eigenvalue weighted by atomic mass is 16.1. The standard InChI is InChI=1S/C9H17NO/c1-3-5-8(11)9(2)6-4-7-10-9/h10H,3-7H2,1-2H3. The van der Waals surface area contributed by atoms with Crippen molar-refractivity contribution in [2.24, 2.45) is 0 Å². The predicted octanol–water partition coefficient (Wildman–Crippen LogP) is 1.50. The first-order valence-corrected chi connectivity index (χ1v) is 4.47. The summed E-state index contributed by atoms with van der Waals surface area (Å²) in [7, 11) is 0. The van der Waals surface area contributed by atoms with E-state index in [0.29, 0.717) is 5.78 Å². The maximum Gasteiger partial charge on any atom is 0.152 e. The van der Waals surface area contributed by atoms with Crippen LogP contribution in [0.5, 0.6) is 0 Å². The second-order valence-electron chi connectivity index (χ2n) is 3.54. The second-order valence-corrected chi connectivity index (χ2v) is 3.54. The minimum absolute atomic E-state index is 0.185. The van der Waals surface area contributed by atoms with Gasteiger partial charge in [0.15, 0.2) is 5.78 Å². The monoisotopic (exact) mass is 155 g/mol. The third-order valence-corrected chi connectivity index (χ3v) is 2.46. The molecular weight excluding hydrogens is 138 g/mol. The second kappa shape index (κ2) is 3.35. The van der Waals surface area contributed by atoms with Gasteiger partial charge in [-0.1, -0.05) is 6.92 Å². The maximum atomic E-state index is 11.5. The predicted molar refractivity (Wildman–Crippen MR) is 45.6 cm³/mol. The van der Waals surface area contributed by atoms with Crippen molar-refractivity contribution < 1.29 is 4.79 Å². The first kappa shape index (κ1) is 8.72. The fourth-order valence-electron chi connectivity index (χ4n) is 1.64. The highest BCUT2D eigenvalue weighted by molar-refractivity contribution is 5.88. The zero-order valence-corrected chi connectivity index (χ0v) is 7.44. The van der Waals surface area contributed by atoms with Gasteiger partial charge in [0.25, 0.3) is 0 Å². The van der Waals surface area contributed by atoms with Gasteiger partial charge in [-0.3, -0.25) is 4.79 Å². The molecule has 0 radical (unpaired) electrons. The molecule has 1 N–H and O–H groups in total. The molecule has 64 valence electrons. The van der Waals surface area contributed by atoms with Crippen molar-refractivity contribution in [1.82, 2.24) is 5.32 Å². The first-order valence-electron chi connectivity index (χ1n) is 4.47. The molecule has 2 nitrogen and oxygen atoms in total. The van der Waals surface area contributed by atoms with Gasteiger partial charge in [0.2, 0.25) is 0 Å². The van der Waals surface area contributed by atoms with E-state index < -0.39 is 0 Å². The Labute approximate surface area is 68.4 Å². The van der Waals surface area contributed by atoms with Crippen molar-refractivity contribution in [1.29, 1.82) is 0 Å². The molecular formula is C9H17NO. The fourth-order valence-corrected chi connectivity index (χ4v) is 1.64. The van der Waals surface area contributed by atoms with Crippen LogP contribution in [0.4, 0.5) is 0 Å².